The summed E-state index contributed by atoms with van der Waals surface area (Å²) in [5, 5.41) is 9.06. The van der Waals surface area contributed by atoms with Crippen LogP contribution >= 0.6 is 15.9 Å². The molecular formula is C14H14BrNO3S. The molecule has 0 aliphatic carbocycles. The molecule has 0 saturated carbocycles. The predicted octanol–water partition coefficient (Wildman–Crippen LogP) is 3.05. The van der Waals surface area contributed by atoms with E-state index in [1.165, 1.54) is 12.1 Å². The number of hydrogen-bond acceptors (Lipinski definition) is 3. The molecule has 0 fully saturated rings. The summed E-state index contributed by atoms with van der Waals surface area (Å²) in [6, 6.07) is 11.4. The van der Waals surface area contributed by atoms with E-state index in [9.17, 15) is 8.42 Å². The maximum Gasteiger partial charge on any atom is 0.261 e. The lowest BCUT2D eigenvalue weighted by molar-refractivity contribution is 0.281. The lowest BCUT2D eigenvalue weighted by Crippen LogP contribution is -2.13. The molecule has 0 atom stereocenters. The average molecular weight is 356 g/mol. The van der Waals surface area contributed by atoms with E-state index in [2.05, 4.69) is 20.7 Å². The Morgan fingerprint density at radius 1 is 1.20 bits per heavy atom. The highest BCUT2D eigenvalue weighted by Crippen LogP contribution is 2.22. The second-order valence-corrected chi connectivity index (χ2v) is 6.91. The molecule has 0 aromatic heterocycles. The number of sulfonamides is 1. The molecule has 0 saturated heterocycles. The molecule has 0 bridgehead atoms. The lowest BCUT2D eigenvalue weighted by Gasteiger charge is -2.10. The molecule has 0 heterocycles. The van der Waals surface area contributed by atoms with E-state index in [-0.39, 0.29) is 11.5 Å². The molecule has 0 radical (unpaired) electrons. The fraction of sp³-hybridized carbons (Fsp3) is 0.143. The van der Waals surface area contributed by atoms with Crippen LogP contribution in [0.4, 0.5) is 5.69 Å². The van der Waals surface area contributed by atoms with Crippen molar-refractivity contribution in [2.45, 2.75) is 18.4 Å². The molecule has 2 rings (SSSR count). The van der Waals surface area contributed by atoms with Crippen molar-refractivity contribution >= 4 is 31.6 Å². The van der Waals surface area contributed by atoms with E-state index in [0.717, 1.165) is 10.0 Å². The number of aliphatic hydroxyl groups is 1. The van der Waals surface area contributed by atoms with Gasteiger partial charge in [-0.1, -0.05) is 28.1 Å². The van der Waals surface area contributed by atoms with E-state index in [1.54, 1.807) is 30.3 Å². The minimum absolute atomic E-state index is 0.129. The summed E-state index contributed by atoms with van der Waals surface area (Å²) in [5.74, 6) is 0. The van der Waals surface area contributed by atoms with Crippen LogP contribution in [0.3, 0.4) is 0 Å². The fourth-order valence-corrected chi connectivity index (χ4v) is 3.10. The minimum atomic E-state index is -3.65. The zero-order valence-corrected chi connectivity index (χ0v) is 13.2. The van der Waals surface area contributed by atoms with Crippen LogP contribution in [0.2, 0.25) is 0 Å². The first-order valence-electron chi connectivity index (χ1n) is 5.91. The van der Waals surface area contributed by atoms with Gasteiger partial charge in [0.2, 0.25) is 0 Å². The first-order valence-corrected chi connectivity index (χ1v) is 8.19. The van der Waals surface area contributed by atoms with Crippen molar-refractivity contribution < 1.29 is 13.5 Å². The molecule has 4 nitrogen and oxygen atoms in total. The number of aryl methyl sites for hydroxylation is 1. The quantitative estimate of drug-likeness (QED) is 0.885. The Balaban J connectivity index is 2.32. The van der Waals surface area contributed by atoms with Crippen molar-refractivity contribution in [1.82, 2.24) is 0 Å². The van der Waals surface area contributed by atoms with Crippen molar-refractivity contribution in [1.29, 1.82) is 0 Å². The van der Waals surface area contributed by atoms with Gasteiger partial charge < -0.3 is 5.11 Å². The highest BCUT2D eigenvalue weighted by Gasteiger charge is 2.14. The normalized spacial score (nSPS) is 11.3. The van der Waals surface area contributed by atoms with Crippen LogP contribution in [0.25, 0.3) is 0 Å². The molecule has 106 valence electrons. The van der Waals surface area contributed by atoms with Crippen LogP contribution < -0.4 is 4.72 Å². The van der Waals surface area contributed by atoms with Crippen molar-refractivity contribution in [3.63, 3.8) is 0 Å². The molecule has 0 aliphatic heterocycles. The highest BCUT2D eigenvalue weighted by atomic mass is 79.9. The standard InChI is InChI=1S/C14H14BrNO3S/c1-10-7-12(5-6-14(10)15)16-20(18,19)13-4-2-3-11(8-13)9-17/h2-8,16-17H,9H2,1H3. The van der Waals surface area contributed by atoms with Crippen LogP contribution in [0.5, 0.6) is 0 Å². The van der Waals surface area contributed by atoms with Crippen molar-refractivity contribution in [2.24, 2.45) is 0 Å². The molecular weight excluding hydrogens is 342 g/mol. The van der Waals surface area contributed by atoms with Gasteiger partial charge in [0, 0.05) is 10.2 Å². The summed E-state index contributed by atoms with van der Waals surface area (Å²) in [6.45, 7) is 1.69. The van der Waals surface area contributed by atoms with E-state index in [1.807, 2.05) is 6.92 Å². The van der Waals surface area contributed by atoms with Gasteiger partial charge >= 0.3 is 0 Å². The second kappa shape index (κ2) is 5.95. The third kappa shape index (κ3) is 3.39. The molecule has 0 aliphatic rings. The first-order chi connectivity index (χ1) is 9.42. The van der Waals surface area contributed by atoms with Gasteiger partial charge in [-0.3, -0.25) is 4.72 Å². The smallest absolute Gasteiger partial charge is 0.261 e. The predicted molar refractivity (Wildman–Crippen MR) is 82.1 cm³/mol. The summed E-state index contributed by atoms with van der Waals surface area (Å²) in [4.78, 5) is 0.129. The van der Waals surface area contributed by atoms with Gasteiger partial charge in [0.25, 0.3) is 10.0 Å². The first kappa shape index (κ1) is 15.0. The Hall–Kier alpha value is -1.37. The monoisotopic (exact) mass is 355 g/mol. The van der Waals surface area contributed by atoms with Crippen molar-refractivity contribution in [3.8, 4) is 0 Å². The number of aliphatic hydroxyl groups excluding tert-OH is 1. The topological polar surface area (TPSA) is 66.4 Å². The number of halogens is 1. The molecule has 6 heteroatoms. The summed E-state index contributed by atoms with van der Waals surface area (Å²) < 4.78 is 28.0. The summed E-state index contributed by atoms with van der Waals surface area (Å²) in [6.07, 6.45) is 0. The summed E-state index contributed by atoms with van der Waals surface area (Å²) in [5.41, 5.74) is 1.99. The van der Waals surface area contributed by atoms with Crippen molar-refractivity contribution in [3.05, 3.63) is 58.1 Å². The number of rotatable bonds is 4. The maximum absolute atomic E-state index is 12.3. The number of benzene rings is 2. The number of anilines is 1. The van der Waals surface area contributed by atoms with Crippen LogP contribution in [0.1, 0.15) is 11.1 Å². The van der Waals surface area contributed by atoms with E-state index >= 15 is 0 Å². The molecule has 2 N–H and O–H groups in total. The van der Waals surface area contributed by atoms with Gasteiger partial charge in [-0.25, -0.2) is 8.42 Å². The van der Waals surface area contributed by atoms with Gasteiger partial charge in [0.05, 0.1) is 11.5 Å². The Bertz CT molecular complexity index is 729. The van der Waals surface area contributed by atoms with Crippen LogP contribution in [0, 0.1) is 6.92 Å². The van der Waals surface area contributed by atoms with Crippen LogP contribution in [-0.2, 0) is 16.6 Å². The van der Waals surface area contributed by atoms with Gasteiger partial charge in [-0.2, -0.15) is 0 Å². The van der Waals surface area contributed by atoms with Crippen LogP contribution in [-0.4, -0.2) is 13.5 Å². The Kier molecular flexibility index (Phi) is 4.47. The molecule has 20 heavy (non-hydrogen) atoms. The Morgan fingerprint density at radius 2 is 1.95 bits per heavy atom. The third-order valence-electron chi connectivity index (χ3n) is 2.80. The maximum atomic E-state index is 12.3. The van der Waals surface area contributed by atoms with E-state index in [0.29, 0.717) is 11.3 Å². The molecule has 2 aromatic rings. The van der Waals surface area contributed by atoms with Gasteiger partial charge in [-0.05, 0) is 48.4 Å². The molecule has 0 unspecified atom stereocenters. The molecule has 0 amide bonds. The molecule has 0 spiro atoms. The number of nitrogens with one attached hydrogen (secondary N) is 1. The third-order valence-corrected chi connectivity index (χ3v) is 5.07. The van der Waals surface area contributed by atoms with E-state index < -0.39 is 10.0 Å². The summed E-state index contributed by atoms with van der Waals surface area (Å²) in [7, 11) is -3.65. The van der Waals surface area contributed by atoms with Crippen LogP contribution in [0.15, 0.2) is 51.8 Å². The highest BCUT2D eigenvalue weighted by molar-refractivity contribution is 9.10. The largest absolute Gasteiger partial charge is 0.392 e. The Labute approximate surface area is 126 Å². The zero-order valence-electron chi connectivity index (χ0n) is 10.8. The van der Waals surface area contributed by atoms with Gasteiger partial charge in [0.1, 0.15) is 0 Å². The Morgan fingerprint density at radius 3 is 2.60 bits per heavy atom. The minimum Gasteiger partial charge on any atom is -0.392 e. The van der Waals surface area contributed by atoms with Gasteiger partial charge in [-0.15, -0.1) is 0 Å². The number of hydrogen-bond donors (Lipinski definition) is 2. The second-order valence-electron chi connectivity index (χ2n) is 4.37. The van der Waals surface area contributed by atoms with Gasteiger partial charge in [0.15, 0.2) is 0 Å². The average Bonchev–Trinajstić information content (AvgIpc) is 2.43. The zero-order chi connectivity index (χ0) is 14.8. The SMILES string of the molecule is Cc1cc(NS(=O)(=O)c2cccc(CO)c2)ccc1Br. The lowest BCUT2D eigenvalue weighted by atomic mass is 10.2. The van der Waals surface area contributed by atoms with Crippen molar-refractivity contribution in [2.75, 3.05) is 4.72 Å². The summed E-state index contributed by atoms with van der Waals surface area (Å²) >= 11 is 3.37. The molecule has 2 aromatic carbocycles. The fourth-order valence-electron chi connectivity index (χ4n) is 1.73. The van der Waals surface area contributed by atoms with E-state index in [4.69, 9.17) is 5.11 Å².